The average molecular weight is 417 g/mol. The van der Waals surface area contributed by atoms with Gasteiger partial charge in [0, 0.05) is 6.54 Å². The quantitative estimate of drug-likeness (QED) is 0.614. The summed E-state index contributed by atoms with van der Waals surface area (Å²) in [7, 11) is 0. The van der Waals surface area contributed by atoms with Crippen molar-refractivity contribution < 1.29 is 9.21 Å². The molecule has 0 radical (unpaired) electrons. The molecule has 2 aromatic heterocycles. The molecule has 29 heavy (non-hydrogen) atoms. The number of hydrogen-bond acceptors (Lipinski definition) is 5. The molecule has 1 amide bonds. The van der Waals surface area contributed by atoms with Crippen LogP contribution in [0.4, 0.5) is 11.5 Å². The van der Waals surface area contributed by atoms with Crippen LogP contribution in [0.25, 0.3) is 0 Å². The SMILES string of the molecule is CCCCn1c(N)c(N(Cc2ccco2)C(=O)c2ccccc2Cl)c(=O)[nH]c1=O. The minimum absolute atomic E-state index is 0.0592. The maximum Gasteiger partial charge on any atom is 0.330 e. The molecule has 0 aliphatic rings. The first kappa shape index (κ1) is 20.5. The Hall–Kier alpha value is -3.26. The van der Waals surface area contributed by atoms with Crippen molar-refractivity contribution in [2.75, 3.05) is 10.6 Å². The fourth-order valence-electron chi connectivity index (χ4n) is 2.97. The minimum atomic E-state index is -0.757. The Morgan fingerprint density at radius 1 is 1.24 bits per heavy atom. The lowest BCUT2D eigenvalue weighted by molar-refractivity contribution is 0.0983. The lowest BCUT2D eigenvalue weighted by atomic mass is 10.1. The van der Waals surface area contributed by atoms with Gasteiger partial charge in [-0.25, -0.2) is 4.79 Å². The van der Waals surface area contributed by atoms with E-state index in [-0.39, 0.29) is 28.6 Å². The number of nitrogen functional groups attached to an aromatic ring is 1. The molecule has 0 saturated carbocycles. The summed E-state index contributed by atoms with van der Waals surface area (Å²) in [4.78, 5) is 41.6. The van der Waals surface area contributed by atoms with Gasteiger partial charge in [-0.15, -0.1) is 0 Å². The maximum absolute atomic E-state index is 13.3. The number of unbranched alkanes of at least 4 members (excludes halogenated alkanes) is 1. The van der Waals surface area contributed by atoms with Crippen molar-refractivity contribution >= 4 is 29.0 Å². The monoisotopic (exact) mass is 416 g/mol. The predicted octanol–water partition coefficient (Wildman–Crippen LogP) is 3.01. The van der Waals surface area contributed by atoms with Crippen LogP contribution in [0.15, 0.2) is 56.7 Å². The van der Waals surface area contributed by atoms with Crippen molar-refractivity contribution in [2.45, 2.75) is 32.9 Å². The van der Waals surface area contributed by atoms with E-state index in [4.69, 9.17) is 21.8 Å². The van der Waals surface area contributed by atoms with Crippen molar-refractivity contribution in [1.29, 1.82) is 0 Å². The molecule has 9 heteroatoms. The van der Waals surface area contributed by atoms with Crippen LogP contribution in [-0.4, -0.2) is 15.5 Å². The van der Waals surface area contributed by atoms with Gasteiger partial charge in [0.1, 0.15) is 11.6 Å². The van der Waals surface area contributed by atoms with E-state index in [2.05, 4.69) is 4.98 Å². The van der Waals surface area contributed by atoms with Gasteiger partial charge in [0.05, 0.1) is 23.4 Å². The van der Waals surface area contributed by atoms with Crippen LogP contribution >= 0.6 is 11.6 Å². The van der Waals surface area contributed by atoms with Crippen molar-refractivity contribution in [2.24, 2.45) is 0 Å². The van der Waals surface area contributed by atoms with Crippen LogP contribution < -0.4 is 21.9 Å². The van der Waals surface area contributed by atoms with Crippen molar-refractivity contribution in [1.82, 2.24) is 9.55 Å². The molecule has 0 unspecified atom stereocenters. The molecule has 2 heterocycles. The number of carbonyl (C=O) groups is 1. The number of nitrogens with two attached hydrogens (primary N) is 1. The summed E-state index contributed by atoms with van der Waals surface area (Å²) in [6, 6.07) is 9.84. The van der Waals surface area contributed by atoms with Crippen LogP contribution in [-0.2, 0) is 13.1 Å². The molecule has 1 aromatic carbocycles. The Bertz CT molecular complexity index is 1120. The normalized spacial score (nSPS) is 10.8. The van der Waals surface area contributed by atoms with Gasteiger partial charge in [-0.05, 0) is 30.7 Å². The Morgan fingerprint density at radius 2 is 2.00 bits per heavy atom. The highest BCUT2D eigenvalue weighted by Crippen LogP contribution is 2.25. The highest BCUT2D eigenvalue weighted by atomic mass is 35.5. The van der Waals surface area contributed by atoms with Crippen molar-refractivity contribution in [3.63, 3.8) is 0 Å². The zero-order valence-corrected chi connectivity index (χ0v) is 16.6. The van der Waals surface area contributed by atoms with Gasteiger partial charge in [-0.3, -0.25) is 24.0 Å². The van der Waals surface area contributed by atoms with Crippen molar-refractivity contribution in [3.8, 4) is 0 Å². The minimum Gasteiger partial charge on any atom is -0.467 e. The molecular weight excluding hydrogens is 396 g/mol. The van der Waals surface area contributed by atoms with E-state index in [0.29, 0.717) is 18.7 Å². The summed E-state index contributed by atoms with van der Waals surface area (Å²) in [5, 5.41) is 0.233. The van der Waals surface area contributed by atoms with E-state index in [0.717, 1.165) is 6.42 Å². The van der Waals surface area contributed by atoms with Crippen LogP contribution in [0, 0.1) is 0 Å². The number of rotatable bonds is 7. The number of aromatic nitrogens is 2. The molecular formula is C20H21ClN4O4. The molecule has 8 nitrogen and oxygen atoms in total. The Morgan fingerprint density at radius 3 is 2.66 bits per heavy atom. The first-order valence-corrected chi connectivity index (χ1v) is 9.53. The summed E-state index contributed by atoms with van der Waals surface area (Å²) >= 11 is 6.19. The van der Waals surface area contributed by atoms with Crippen LogP contribution in [0.3, 0.4) is 0 Å². The molecule has 0 spiro atoms. The number of benzene rings is 1. The summed E-state index contributed by atoms with van der Waals surface area (Å²) in [5.74, 6) is -0.181. The molecule has 3 N–H and O–H groups in total. The fraction of sp³-hybridized carbons (Fsp3) is 0.250. The standard InChI is InChI=1S/C20H21ClN4O4/c1-2-3-10-24-17(22)16(18(26)23-20(24)28)25(12-13-7-6-11-29-13)19(27)14-8-4-5-9-15(14)21/h4-9,11H,2-3,10,12,22H2,1H3,(H,23,26,28). The molecule has 152 valence electrons. The van der Waals surface area contributed by atoms with Gasteiger partial charge in [0.15, 0.2) is 5.69 Å². The third kappa shape index (κ3) is 4.27. The Balaban J connectivity index is 2.16. The van der Waals surface area contributed by atoms with E-state index in [9.17, 15) is 14.4 Å². The first-order chi connectivity index (χ1) is 13.9. The molecule has 0 fully saturated rings. The van der Waals surface area contributed by atoms with E-state index in [1.807, 2.05) is 6.92 Å². The zero-order chi connectivity index (χ0) is 21.0. The van der Waals surface area contributed by atoms with Gasteiger partial charge < -0.3 is 10.2 Å². The summed E-state index contributed by atoms with van der Waals surface area (Å²) in [6.07, 6.45) is 2.98. The Labute approximate surface area is 171 Å². The second-order valence-corrected chi connectivity index (χ2v) is 6.86. The lowest BCUT2D eigenvalue weighted by Gasteiger charge is -2.24. The second kappa shape index (κ2) is 8.83. The zero-order valence-electron chi connectivity index (χ0n) is 15.9. The maximum atomic E-state index is 13.3. The number of H-pyrrole nitrogens is 1. The highest BCUT2D eigenvalue weighted by molar-refractivity contribution is 6.34. The van der Waals surface area contributed by atoms with Crippen LogP contribution in [0.1, 0.15) is 35.9 Å². The molecule has 0 atom stereocenters. The number of anilines is 2. The molecule has 0 aliphatic carbocycles. The molecule has 0 saturated heterocycles. The van der Waals surface area contributed by atoms with Gasteiger partial charge in [0.2, 0.25) is 0 Å². The number of furan rings is 1. The van der Waals surface area contributed by atoms with Gasteiger partial charge in [0.25, 0.3) is 11.5 Å². The smallest absolute Gasteiger partial charge is 0.330 e. The first-order valence-electron chi connectivity index (χ1n) is 9.15. The van der Waals surface area contributed by atoms with Gasteiger partial charge >= 0.3 is 5.69 Å². The topological polar surface area (TPSA) is 114 Å². The van der Waals surface area contributed by atoms with Gasteiger partial charge in [-0.1, -0.05) is 37.1 Å². The predicted molar refractivity (Wildman–Crippen MR) is 111 cm³/mol. The second-order valence-electron chi connectivity index (χ2n) is 6.45. The average Bonchev–Trinajstić information content (AvgIpc) is 3.20. The largest absolute Gasteiger partial charge is 0.467 e. The number of halogens is 1. The summed E-state index contributed by atoms with van der Waals surface area (Å²) in [5.41, 5.74) is 4.90. The summed E-state index contributed by atoms with van der Waals surface area (Å²) < 4.78 is 6.61. The molecule has 3 aromatic rings. The Kier molecular flexibility index (Phi) is 6.23. The lowest BCUT2D eigenvalue weighted by Crippen LogP contribution is -2.41. The number of nitrogens with zero attached hydrogens (tertiary/aromatic N) is 2. The molecule has 0 aliphatic heterocycles. The third-order valence-corrected chi connectivity index (χ3v) is 4.79. The number of nitrogens with one attached hydrogen (secondary N) is 1. The van der Waals surface area contributed by atoms with E-state index in [1.54, 1.807) is 36.4 Å². The highest BCUT2D eigenvalue weighted by Gasteiger charge is 2.27. The fourth-order valence-corrected chi connectivity index (χ4v) is 3.18. The number of hydrogen-bond donors (Lipinski definition) is 2. The van der Waals surface area contributed by atoms with Crippen molar-refractivity contribution in [3.05, 3.63) is 79.8 Å². The van der Waals surface area contributed by atoms with E-state index >= 15 is 0 Å². The van der Waals surface area contributed by atoms with Crippen LogP contribution in [0.2, 0.25) is 5.02 Å². The third-order valence-electron chi connectivity index (χ3n) is 4.46. The van der Waals surface area contributed by atoms with E-state index < -0.39 is 17.2 Å². The van der Waals surface area contributed by atoms with E-state index in [1.165, 1.54) is 15.7 Å². The van der Waals surface area contributed by atoms with Crippen LogP contribution in [0.5, 0.6) is 0 Å². The molecule has 0 bridgehead atoms. The molecule has 3 rings (SSSR count). The summed E-state index contributed by atoms with van der Waals surface area (Å²) in [6.45, 7) is 2.23. The number of amides is 1. The number of carbonyl (C=O) groups excluding carboxylic acids is 1. The van der Waals surface area contributed by atoms with Gasteiger partial charge in [-0.2, -0.15) is 0 Å². The number of aromatic amines is 1.